The summed E-state index contributed by atoms with van der Waals surface area (Å²) in [6, 6.07) is 11.6. The van der Waals surface area contributed by atoms with Crippen molar-refractivity contribution in [2.24, 2.45) is 0 Å². The fourth-order valence-electron chi connectivity index (χ4n) is 3.13. The number of pyridine rings is 1. The molecule has 0 radical (unpaired) electrons. The van der Waals surface area contributed by atoms with E-state index < -0.39 is 0 Å². The largest absolute Gasteiger partial charge is 0.493 e. The van der Waals surface area contributed by atoms with Gasteiger partial charge < -0.3 is 19.2 Å². The minimum Gasteiger partial charge on any atom is -0.493 e. The highest BCUT2D eigenvalue weighted by Gasteiger charge is 2.13. The van der Waals surface area contributed by atoms with Crippen molar-refractivity contribution in [3.8, 4) is 17.6 Å². The van der Waals surface area contributed by atoms with Gasteiger partial charge in [0.05, 0.1) is 36.4 Å². The molecule has 0 saturated heterocycles. The van der Waals surface area contributed by atoms with Crippen LogP contribution in [0.2, 0.25) is 0 Å². The molecule has 0 unspecified atom stereocenters. The lowest BCUT2D eigenvalue weighted by Crippen LogP contribution is -2.05. The molecular formula is C20H17N3O3. The highest BCUT2D eigenvalue weighted by atomic mass is 16.5. The number of nitrogens with zero attached hydrogens (tertiary/aromatic N) is 2. The summed E-state index contributed by atoms with van der Waals surface area (Å²) < 4.78 is 16.3. The number of benzene rings is 2. The number of hydrogen-bond acceptors (Lipinski definition) is 5. The maximum Gasteiger partial charge on any atom is 0.163 e. The number of hydrogen-bond donors (Lipinski definition) is 1. The second-order valence-corrected chi connectivity index (χ2v) is 5.91. The van der Waals surface area contributed by atoms with Crippen molar-refractivity contribution in [1.29, 1.82) is 5.26 Å². The van der Waals surface area contributed by atoms with Crippen molar-refractivity contribution in [1.82, 2.24) is 9.97 Å². The van der Waals surface area contributed by atoms with E-state index in [1.807, 2.05) is 36.5 Å². The average molecular weight is 347 g/mol. The monoisotopic (exact) mass is 347 g/mol. The van der Waals surface area contributed by atoms with Crippen molar-refractivity contribution >= 4 is 32.7 Å². The van der Waals surface area contributed by atoms with Gasteiger partial charge in [0.2, 0.25) is 0 Å². The first-order chi connectivity index (χ1) is 12.7. The molecule has 0 amide bonds. The summed E-state index contributed by atoms with van der Waals surface area (Å²) in [4.78, 5) is 8.00. The number of H-pyrrole nitrogens is 1. The Morgan fingerprint density at radius 3 is 2.69 bits per heavy atom. The zero-order chi connectivity index (χ0) is 18.1. The van der Waals surface area contributed by atoms with E-state index >= 15 is 0 Å². The Labute approximate surface area is 149 Å². The van der Waals surface area contributed by atoms with Crippen LogP contribution in [0.15, 0.2) is 36.5 Å². The Morgan fingerprint density at radius 1 is 1.04 bits per heavy atom. The number of nitriles is 1. The third-order valence-corrected chi connectivity index (χ3v) is 4.40. The molecule has 2 aromatic heterocycles. The molecule has 130 valence electrons. The minimum atomic E-state index is 0.434. The standard InChI is InChI=1S/C20H17N3O3/c1-24-5-6-26-19-9-16-14(8-18(19)25-2)20-15(11-22-16)13-4-3-12(10-21)7-17(13)23-20/h3-4,7-9,11,23H,5-6H2,1-2H3. The van der Waals surface area contributed by atoms with E-state index in [4.69, 9.17) is 19.5 Å². The van der Waals surface area contributed by atoms with Crippen LogP contribution in [0.5, 0.6) is 11.5 Å². The number of methoxy groups -OCH3 is 2. The van der Waals surface area contributed by atoms with E-state index in [2.05, 4.69) is 16.0 Å². The molecule has 4 rings (SSSR count). The number of ether oxygens (including phenoxy) is 3. The fraction of sp³-hybridized carbons (Fsp3) is 0.200. The van der Waals surface area contributed by atoms with E-state index in [1.54, 1.807) is 14.2 Å². The Morgan fingerprint density at radius 2 is 1.92 bits per heavy atom. The van der Waals surface area contributed by atoms with Gasteiger partial charge in [-0.2, -0.15) is 5.26 Å². The summed E-state index contributed by atoms with van der Waals surface area (Å²) in [7, 11) is 3.25. The first kappa shape index (κ1) is 16.2. The Bertz CT molecular complexity index is 1160. The Kier molecular flexibility index (Phi) is 4.07. The van der Waals surface area contributed by atoms with Crippen LogP contribution in [0.3, 0.4) is 0 Å². The maximum absolute atomic E-state index is 9.12. The fourth-order valence-corrected chi connectivity index (χ4v) is 3.13. The predicted octanol–water partition coefficient (Wildman–Crippen LogP) is 3.77. The van der Waals surface area contributed by atoms with Crippen molar-refractivity contribution < 1.29 is 14.2 Å². The molecular weight excluding hydrogens is 330 g/mol. The first-order valence-corrected chi connectivity index (χ1v) is 8.19. The van der Waals surface area contributed by atoms with Gasteiger partial charge in [-0.15, -0.1) is 0 Å². The van der Waals surface area contributed by atoms with Gasteiger partial charge in [-0.05, 0) is 18.2 Å². The third kappa shape index (κ3) is 2.59. The second kappa shape index (κ2) is 6.54. The third-order valence-electron chi connectivity index (χ3n) is 4.40. The van der Waals surface area contributed by atoms with Crippen LogP contribution in [-0.2, 0) is 4.74 Å². The molecule has 6 heteroatoms. The summed E-state index contributed by atoms with van der Waals surface area (Å²) in [6.07, 6.45) is 1.84. The summed E-state index contributed by atoms with van der Waals surface area (Å²) in [5, 5.41) is 12.1. The maximum atomic E-state index is 9.12. The van der Waals surface area contributed by atoms with E-state index in [0.29, 0.717) is 30.3 Å². The smallest absolute Gasteiger partial charge is 0.163 e. The molecule has 0 aliphatic rings. The average Bonchev–Trinajstić information content (AvgIpc) is 3.05. The lowest BCUT2D eigenvalue weighted by molar-refractivity contribution is 0.144. The summed E-state index contributed by atoms with van der Waals surface area (Å²) in [6.45, 7) is 0.931. The van der Waals surface area contributed by atoms with Gasteiger partial charge in [0.25, 0.3) is 0 Å². The summed E-state index contributed by atoms with van der Waals surface area (Å²) >= 11 is 0. The number of aromatic nitrogens is 2. The molecule has 2 heterocycles. The van der Waals surface area contributed by atoms with E-state index in [1.165, 1.54) is 0 Å². The molecule has 0 saturated carbocycles. The zero-order valence-corrected chi connectivity index (χ0v) is 14.5. The summed E-state index contributed by atoms with van der Waals surface area (Å²) in [5.41, 5.74) is 3.29. The van der Waals surface area contributed by atoms with Gasteiger partial charge >= 0.3 is 0 Å². The highest BCUT2D eigenvalue weighted by molar-refractivity contribution is 6.16. The van der Waals surface area contributed by atoms with Crippen LogP contribution in [0.25, 0.3) is 32.7 Å². The molecule has 0 aliphatic heterocycles. The minimum absolute atomic E-state index is 0.434. The van der Waals surface area contributed by atoms with Gasteiger partial charge in [-0.25, -0.2) is 0 Å². The van der Waals surface area contributed by atoms with Crippen LogP contribution in [-0.4, -0.2) is 37.4 Å². The van der Waals surface area contributed by atoms with Crippen molar-refractivity contribution in [2.75, 3.05) is 27.4 Å². The lowest BCUT2D eigenvalue weighted by atomic mass is 10.1. The van der Waals surface area contributed by atoms with Gasteiger partial charge in [0.15, 0.2) is 11.5 Å². The zero-order valence-electron chi connectivity index (χ0n) is 14.5. The number of fused-ring (bicyclic) bond motifs is 5. The van der Waals surface area contributed by atoms with E-state index in [9.17, 15) is 0 Å². The number of nitrogens with one attached hydrogen (secondary N) is 1. The topological polar surface area (TPSA) is 80.2 Å². The molecule has 6 nitrogen and oxygen atoms in total. The van der Waals surface area contributed by atoms with Crippen LogP contribution < -0.4 is 9.47 Å². The van der Waals surface area contributed by atoms with Crippen LogP contribution in [0.4, 0.5) is 0 Å². The molecule has 26 heavy (non-hydrogen) atoms. The Balaban J connectivity index is 1.92. The predicted molar refractivity (Wildman–Crippen MR) is 99.7 cm³/mol. The first-order valence-electron chi connectivity index (χ1n) is 8.19. The van der Waals surface area contributed by atoms with Gasteiger partial charge in [0, 0.05) is 41.0 Å². The lowest BCUT2D eigenvalue weighted by Gasteiger charge is -2.12. The van der Waals surface area contributed by atoms with Crippen LogP contribution in [0, 0.1) is 11.3 Å². The second-order valence-electron chi connectivity index (χ2n) is 5.91. The molecule has 1 N–H and O–H groups in total. The molecule has 0 spiro atoms. The van der Waals surface area contributed by atoms with Crippen LogP contribution >= 0.6 is 0 Å². The molecule has 0 bridgehead atoms. The van der Waals surface area contributed by atoms with Crippen molar-refractivity contribution in [2.45, 2.75) is 0 Å². The molecule has 4 aromatic rings. The van der Waals surface area contributed by atoms with Crippen LogP contribution in [0.1, 0.15) is 5.56 Å². The van der Waals surface area contributed by atoms with Gasteiger partial charge in [0.1, 0.15) is 6.61 Å². The van der Waals surface area contributed by atoms with E-state index in [-0.39, 0.29) is 0 Å². The SMILES string of the molecule is COCCOc1cc2ncc3c4ccc(C#N)cc4[nH]c3c2cc1OC. The van der Waals surface area contributed by atoms with Gasteiger partial charge in [-0.1, -0.05) is 6.07 Å². The van der Waals surface area contributed by atoms with Gasteiger partial charge in [-0.3, -0.25) is 4.98 Å². The highest BCUT2D eigenvalue weighted by Crippen LogP contribution is 2.36. The number of aromatic amines is 1. The molecule has 2 aromatic carbocycles. The molecule has 0 atom stereocenters. The Hall–Kier alpha value is -3.30. The molecule has 0 aliphatic carbocycles. The van der Waals surface area contributed by atoms with Crippen molar-refractivity contribution in [3.63, 3.8) is 0 Å². The molecule has 0 fully saturated rings. The number of rotatable bonds is 5. The summed E-state index contributed by atoms with van der Waals surface area (Å²) in [5.74, 6) is 1.27. The van der Waals surface area contributed by atoms with Crippen molar-refractivity contribution in [3.05, 3.63) is 42.1 Å². The van der Waals surface area contributed by atoms with E-state index in [0.717, 1.165) is 32.7 Å². The quantitative estimate of drug-likeness (QED) is 0.556. The normalized spacial score (nSPS) is 11.1.